The van der Waals surface area contributed by atoms with E-state index in [1.165, 1.54) is 0 Å². The number of ether oxygens (including phenoxy) is 1. The Morgan fingerprint density at radius 3 is 1.62 bits per heavy atom. The molecule has 0 aromatic carbocycles. The van der Waals surface area contributed by atoms with Crippen molar-refractivity contribution in [3.63, 3.8) is 0 Å². The molecule has 0 N–H and O–H groups in total. The van der Waals surface area contributed by atoms with Gasteiger partial charge >= 0.3 is 0 Å². The monoisotopic (exact) mass is 161 g/mol. The molecule has 2 heteroatoms. The van der Waals surface area contributed by atoms with Gasteiger partial charge in [-0.3, -0.25) is 0 Å². The fourth-order valence-corrected chi connectivity index (χ4v) is 0.391. The standard InChI is InChI=1S/C6H14O.Co/c1-3-5-7-6-4-2;/h3-6H2,1-2H3;. The fourth-order valence-electron chi connectivity index (χ4n) is 0.391. The van der Waals surface area contributed by atoms with Gasteiger partial charge in [-0.25, -0.2) is 0 Å². The summed E-state index contributed by atoms with van der Waals surface area (Å²) in [7, 11) is 0. The summed E-state index contributed by atoms with van der Waals surface area (Å²) in [5.41, 5.74) is 0. The summed E-state index contributed by atoms with van der Waals surface area (Å²) in [5.74, 6) is 0. The third-order valence-corrected chi connectivity index (χ3v) is 0.697. The molecule has 0 unspecified atom stereocenters. The van der Waals surface area contributed by atoms with E-state index in [-0.39, 0.29) is 16.8 Å². The van der Waals surface area contributed by atoms with Gasteiger partial charge in [-0.05, 0) is 12.8 Å². The third kappa shape index (κ3) is 9.69. The van der Waals surface area contributed by atoms with E-state index >= 15 is 0 Å². The van der Waals surface area contributed by atoms with Crippen LogP contribution in [0.15, 0.2) is 0 Å². The Hall–Kier alpha value is 0.466. The molecular weight excluding hydrogens is 147 g/mol. The van der Waals surface area contributed by atoms with Crippen molar-refractivity contribution in [2.45, 2.75) is 26.7 Å². The van der Waals surface area contributed by atoms with Gasteiger partial charge in [-0.1, -0.05) is 13.8 Å². The molecule has 0 aliphatic heterocycles. The summed E-state index contributed by atoms with van der Waals surface area (Å²) >= 11 is 0. The van der Waals surface area contributed by atoms with Crippen LogP contribution in [0.2, 0.25) is 0 Å². The molecule has 8 heavy (non-hydrogen) atoms. The molecule has 0 spiro atoms. The van der Waals surface area contributed by atoms with Crippen molar-refractivity contribution >= 4 is 0 Å². The van der Waals surface area contributed by atoms with Crippen LogP contribution in [0.3, 0.4) is 0 Å². The normalized spacial score (nSPS) is 8.25. The summed E-state index contributed by atoms with van der Waals surface area (Å²) in [4.78, 5) is 0. The Labute approximate surface area is 62.0 Å². The van der Waals surface area contributed by atoms with E-state index in [1.807, 2.05) is 0 Å². The first kappa shape index (κ1) is 11.3. The third-order valence-electron chi connectivity index (χ3n) is 0.697. The molecule has 0 aliphatic carbocycles. The zero-order valence-corrected chi connectivity index (χ0v) is 6.61. The molecule has 0 atom stereocenters. The first-order chi connectivity index (χ1) is 3.41. The molecular formula is C6H14CoO. The Bertz CT molecular complexity index is 27.7. The van der Waals surface area contributed by atoms with E-state index in [0.717, 1.165) is 26.1 Å². The maximum atomic E-state index is 5.13. The second-order valence-electron chi connectivity index (χ2n) is 1.61. The smallest absolute Gasteiger partial charge is 0.0463 e. The Kier molecular flexibility index (Phi) is 14.7. The van der Waals surface area contributed by atoms with E-state index in [2.05, 4.69) is 13.8 Å². The molecule has 0 fully saturated rings. The maximum Gasteiger partial charge on any atom is 0.0463 e. The van der Waals surface area contributed by atoms with Gasteiger partial charge in [-0.2, -0.15) is 0 Å². The maximum absolute atomic E-state index is 5.13. The minimum Gasteiger partial charge on any atom is -0.381 e. The number of hydrogen-bond acceptors (Lipinski definition) is 1. The largest absolute Gasteiger partial charge is 0.381 e. The van der Waals surface area contributed by atoms with E-state index in [9.17, 15) is 0 Å². The molecule has 1 nitrogen and oxygen atoms in total. The van der Waals surface area contributed by atoms with Crippen molar-refractivity contribution in [3.05, 3.63) is 0 Å². The van der Waals surface area contributed by atoms with Crippen LogP contribution in [0, 0.1) is 0 Å². The first-order valence-electron chi connectivity index (χ1n) is 2.99. The van der Waals surface area contributed by atoms with Crippen LogP contribution in [0.1, 0.15) is 26.7 Å². The van der Waals surface area contributed by atoms with Gasteiger partial charge in [0.25, 0.3) is 0 Å². The zero-order valence-electron chi connectivity index (χ0n) is 5.57. The molecule has 0 saturated carbocycles. The second kappa shape index (κ2) is 10.4. The van der Waals surface area contributed by atoms with Gasteiger partial charge < -0.3 is 4.74 Å². The molecule has 0 aliphatic rings. The van der Waals surface area contributed by atoms with Gasteiger partial charge in [0.1, 0.15) is 0 Å². The predicted octanol–water partition coefficient (Wildman–Crippen LogP) is 1.82. The van der Waals surface area contributed by atoms with Gasteiger partial charge in [0.2, 0.25) is 0 Å². The molecule has 0 rings (SSSR count). The van der Waals surface area contributed by atoms with Gasteiger partial charge in [0.05, 0.1) is 0 Å². The Morgan fingerprint density at radius 1 is 1.00 bits per heavy atom. The first-order valence-corrected chi connectivity index (χ1v) is 2.99. The molecule has 0 heterocycles. The average Bonchev–Trinajstić information content (AvgIpc) is 1.69. The summed E-state index contributed by atoms with van der Waals surface area (Å²) in [6.45, 7) is 6.09. The Balaban J connectivity index is 0. The van der Waals surface area contributed by atoms with Crippen molar-refractivity contribution in [3.8, 4) is 0 Å². The van der Waals surface area contributed by atoms with Crippen molar-refractivity contribution in [1.29, 1.82) is 0 Å². The van der Waals surface area contributed by atoms with Crippen LogP contribution in [0.5, 0.6) is 0 Å². The van der Waals surface area contributed by atoms with Crippen molar-refractivity contribution in [1.82, 2.24) is 0 Å². The molecule has 0 bridgehead atoms. The van der Waals surface area contributed by atoms with Gasteiger partial charge in [-0.15, -0.1) is 0 Å². The van der Waals surface area contributed by atoms with Crippen LogP contribution in [0.4, 0.5) is 0 Å². The van der Waals surface area contributed by atoms with Crippen molar-refractivity contribution < 1.29 is 21.5 Å². The molecule has 0 aromatic heterocycles. The van der Waals surface area contributed by atoms with Crippen LogP contribution >= 0.6 is 0 Å². The van der Waals surface area contributed by atoms with Crippen LogP contribution < -0.4 is 0 Å². The van der Waals surface area contributed by atoms with Gasteiger partial charge in [0.15, 0.2) is 0 Å². The molecule has 0 amide bonds. The summed E-state index contributed by atoms with van der Waals surface area (Å²) in [6.07, 6.45) is 2.28. The van der Waals surface area contributed by atoms with Crippen LogP contribution in [-0.2, 0) is 21.5 Å². The minimum atomic E-state index is 0. The van der Waals surface area contributed by atoms with Crippen LogP contribution in [0.25, 0.3) is 0 Å². The van der Waals surface area contributed by atoms with E-state index in [4.69, 9.17) is 4.74 Å². The average molecular weight is 161 g/mol. The minimum absolute atomic E-state index is 0. The van der Waals surface area contributed by atoms with Crippen LogP contribution in [-0.4, -0.2) is 13.2 Å². The summed E-state index contributed by atoms with van der Waals surface area (Å²) in [5, 5.41) is 0. The molecule has 0 aromatic rings. The van der Waals surface area contributed by atoms with E-state index in [1.54, 1.807) is 0 Å². The Morgan fingerprint density at radius 2 is 1.38 bits per heavy atom. The predicted molar refractivity (Wildman–Crippen MR) is 31.4 cm³/mol. The summed E-state index contributed by atoms with van der Waals surface area (Å²) < 4.78 is 5.13. The molecule has 53 valence electrons. The van der Waals surface area contributed by atoms with Crippen molar-refractivity contribution in [2.75, 3.05) is 13.2 Å². The molecule has 1 radical (unpaired) electrons. The quantitative estimate of drug-likeness (QED) is 0.571. The van der Waals surface area contributed by atoms with Crippen molar-refractivity contribution in [2.24, 2.45) is 0 Å². The summed E-state index contributed by atoms with van der Waals surface area (Å²) in [6, 6.07) is 0. The second-order valence-corrected chi connectivity index (χ2v) is 1.61. The fraction of sp³-hybridized carbons (Fsp3) is 1.00. The van der Waals surface area contributed by atoms with E-state index < -0.39 is 0 Å². The number of rotatable bonds is 4. The zero-order chi connectivity index (χ0) is 5.54. The van der Waals surface area contributed by atoms with Gasteiger partial charge in [0, 0.05) is 30.0 Å². The SMILES string of the molecule is CCCOCCC.[Co]. The topological polar surface area (TPSA) is 9.23 Å². The number of hydrogen-bond donors (Lipinski definition) is 0. The molecule has 0 saturated heterocycles. The van der Waals surface area contributed by atoms with E-state index in [0.29, 0.717) is 0 Å².